The van der Waals surface area contributed by atoms with Crippen LogP contribution in [0, 0.1) is 13.8 Å². The van der Waals surface area contributed by atoms with Crippen LogP contribution in [0.5, 0.6) is 0 Å². The van der Waals surface area contributed by atoms with Gasteiger partial charge in [-0.25, -0.2) is 0 Å². The third-order valence-corrected chi connectivity index (χ3v) is 4.35. The average Bonchev–Trinajstić information content (AvgIpc) is 3.15. The van der Waals surface area contributed by atoms with Crippen LogP contribution < -0.4 is 5.32 Å². The number of tetrazole rings is 1. The maximum Gasteiger partial charge on any atom is 0.248 e. The minimum absolute atomic E-state index is 0.00908. The Kier molecular flexibility index (Phi) is 4.83. The molecule has 0 spiro atoms. The Morgan fingerprint density at radius 1 is 1.15 bits per heavy atom. The van der Waals surface area contributed by atoms with Crippen LogP contribution in [0.1, 0.15) is 36.7 Å². The number of aryl methyl sites for hydroxylation is 2. The number of hydrogen-bond donors (Lipinski definition) is 1. The smallest absolute Gasteiger partial charge is 0.248 e. The lowest BCUT2D eigenvalue weighted by Gasteiger charge is -2.05. The lowest BCUT2D eigenvalue weighted by atomic mass is 10.0. The molecule has 8 nitrogen and oxygen atoms in total. The predicted octanol–water partition coefficient (Wildman–Crippen LogP) is 2.45. The highest BCUT2D eigenvalue weighted by molar-refractivity contribution is 5.91. The van der Waals surface area contributed by atoms with Crippen molar-refractivity contribution >= 4 is 11.6 Å². The molecule has 0 saturated carbocycles. The molecular formula is C18H23N7O. The van der Waals surface area contributed by atoms with E-state index in [9.17, 15) is 4.79 Å². The Morgan fingerprint density at radius 3 is 2.42 bits per heavy atom. The van der Waals surface area contributed by atoms with Crippen molar-refractivity contribution in [3.63, 3.8) is 0 Å². The van der Waals surface area contributed by atoms with Gasteiger partial charge < -0.3 is 5.32 Å². The van der Waals surface area contributed by atoms with Gasteiger partial charge in [-0.15, -0.1) is 10.2 Å². The zero-order valence-electron chi connectivity index (χ0n) is 15.7. The van der Waals surface area contributed by atoms with E-state index < -0.39 is 0 Å². The highest BCUT2D eigenvalue weighted by Crippen LogP contribution is 2.20. The molecule has 136 valence electrons. The molecular weight excluding hydrogens is 330 g/mol. The van der Waals surface area contributed by atoms with Crippen LogP contribution in [-0.2, 0) is 18.4 Å². The summed E-state index contributed by atoms with van der Waals surface area (Å²) in [4.78, 5) is 13.6. The van der Waals surface area contributed by atoms with Gasteiger partial charge in [0.1, 0.15) is 6.54 Å². The fourth-order valence-corrected chi connectivity index (χ4v) is 2.70. The van der Waals surface area contributed by atoms with Crippen molar-refractivity contribution in [2.75, 3.05) is 5.32 Å². The van der Waals surface area contributed by atoms with Crippen LogP contribution in [0.3, 0.4) is 0 Å². The van der Waals surface area contributed by atoms with Crippen LogP contribution in [0.2, 0.25) is 0 Å². The number of carbonyl (C=O) groups is 1. The second kappa shape index (κ2) is 7.07. The molecule has 0 radical (unpaired) electrons. The molecule has 3 aromatic rings. The number of nitrogens with zero attached hydrogens (tertiary/aromatic N) is 6. The summed E-state index contributed by atoms with van der Waals surface area (Å²) in [5.41, 5.74) is 4.52. The summed E-state index contributed by atoms with van der Waals surface area (Å²) in [5, 5.41) is 19.5. The quantitative estimate of drug-likeness (QED) is 0.761. The lowest BCUT2D eigenvalue weighted by Crippen LogP contribution is -2.21. The van der Waals surface area contributed by atoms with Gasteiger partial charge in [0, 0.05) is 12.6 Å². The SMILES string of the molecule is Cc1nn(C)c(C)c1NC(=O)Cn1nnc(-c2ccc(C(C)C)cc2)n1. The first kappa shape index (κ1) is 17.8. The van der Waals surface area contributed by atoms with Crippen molar-refractivity contribution in [2.24, 2.45) is 7.05 Å². The fourth-order valence-electron chi connectivity index (χ4n) is 2.70. The van der Waals surface area contributed by atoms with Crippen LogP contribution in [0.15, 0.2) is 24.3 Å². The normalized spacial score (nSPS) is 11.2. The molecule has 1 aromatic carbocycles. The Labute approximate surface area is 152 Å². The molecule has 0 atom stereocenters. The van der Waals surface area contributed by atoms with Gasteiger partial charge in [-0.05, 0) is 30.5 Å². The number of benzene rings is 1. The summed E-state index contributed by atoms with van der Waals surface area (Å²) in [6, 6.07) is 8.06. The van der Waals surface area contributed by atoms with E-state index in [2.05, 4.69) is 51.8 Å². The highest BCUT2D eigenvalue weighted by Gasteiger charge is 2.14. The number of amides is 1. The number of hydrogen-bond acceptors (Lipinski definition) is 5. The van der Waals surface area contributed by atoms with Crippen molar-refractivity contribution in [1.82, 2.24) is 30.0 Å². The van der Waals surface area contributed by atoms with E-state index in [0.29, 0.717) is 11.7 Å². The number of carbonyl (C=O) groups excluding carboxylic acids is 1. The molecule has 1 N–H and O–H groups in total. The summed E-state index contributed by atoms with van der Waals surface area (Å²) in [5.74, 6) is 0.751. The Hall–Kier alpha value is -3.03. The first-order valence-electron chi connectivity index (χ1n) is 8.53. The molecule has 0 aliphatic heterocycles. The van der Waals surface area contributed by atoms with Crippen LogP contribution in [0.25, 0.3) is 11.4 Å². The molecule has 1 amide bonds. The second-order valence-corrected chi connectivity index (χ2v) is 6.64. The van der Waals surface area contributed by atoms with Crippen LogP contribution in [-0.4, -0.2) is 35.9 Å². The van der Waals surface area contributed by atoms with Gasteiger partial charge >= 0.3 is 0 Å². The summed E-state index contributed by atoms with van der Waals surface area (Å²) >= 11 is 0. The molecule has 0 bridgehead atoms. The number of anilines is 1. The van der Waals surface area contributed by atoms with E-state index in [0.717, 1.165) is 22.6 Å². The number of aromatic nitrogens is 6. The maximum atomic E-state index is 12.3. The van der Waals surface area contributed by atoms with Gasteiger partial charge in [0.2, 0.25) is 11.7 Å². The zero-order chi connectivity index (χ0) is 18.8. The highest BCUT2D eigenvalue weighted by atomic mass is 16.2. The minimum Gasteiger partial charge on any atom is -0.321 e. The van der Waals surface area contributed by atoms with E-state index in [1.807, 2.05) is 33.0 Å². The monoisotopic (exact) mass is 353 g/mol. The zero-order valence-corrected chi connectivity index (χ0v) is 15.7. The molecule has 0 aliphatic carbocycles. The largest absolute Gasteiger partial charge is 0.321 e. The Bertz CT molecular complexity index is 922. The van der Waals surface area contributed by atoms with E-state index in [-0.39, 0.29) is 12.5 Å². The van der Waals surface area contributed by atoms with Crippen molar-refractivity contribution < 1.29 is 4.79 Å². The third kappa shape index (κ3) is 3.63. The summed E-state index contributed by atoms with van der Waals surface area (Å²) in [6.07, 6.45) is 0. The Morgan fingerprint density at radius 2 is 1.85 bits per heavy atom. The number of nitrogens with one attached hydrogen (secondary N) is 1. The van der Waals surface area contributed by atoms with Crippen molar-refractivity contribution in [1.29, 1.82) is 0 Å². The molecule has 8 heteroatoms. The Balaban J connectivity index is 1.69. The number of rotatable bonds is 5. The summed E-state index contributed by atoms with van der Waals surface area (Å²) in [6.45, 7) is 8.05. The van der Waals surface area contributed by atoms with Gasteiger partial charge in [0.15, 0.2) is 0 Å². The molecule has 2 aromatic heterocycles. The van der Waals surface area contributed by atoms with E-state index in [1.165, 1.54) is 10.4 Å². The summed E-state index contributed by atoms with van der Waals surface area (Å²) < 4.78 is 1.73. The van der Waals surface area contributed by atoms with E-state index in [1.54, 1.807) is 4.68 Å². The third-order valence-electron chi connectivity index (χ3n) is 4.35. The van der Waals surface area contributed by atoms with Gasteiger partial charge in [-0.3, -0.25) is 9.48 Å². The standard InChI is InChI=1S/C18H23N7O/c1-11(2)14-6-8-15(9-7-14)18-20-23-25(22-18)10-16(26)19-17-12(3)21-24(5)13(17)4/h6-9,11H,10H2,1-5H3,(H,19,26). The van der Waals surface area contributed by atoms with Crippen molar-refractivity contribution in [3.8, 4) is 11.4 Å². The molecule has 0 unspecified atom stereocenters. The molecule has 26 heavy (non-hydrogen) atoms. The molecule has 0 fully saturated rings. The van der Waals surface area contributed by atoms with Gasteiger partial charge in [-0.2, -0.15) is 9.90 Å². The van der Waals surface area contributed by atoms with E-state index >= 15 is 0 Å². The molecule has 0 saturated heterocycles. The first-order chi connectivity index (χ1) is 12.3. The second-order valence-electron chi connectivity index (χ2n) is 6.64. The van der Waals surface area contributed by atoms with E-state index in [4.69, 9.17) is 0 Å². The lowest BCUT2D eigenvalue weighted by molar-refractivity contribution is -0.117. The van der Waals surface area contributed by atoms with Crippen LogP contribution >= 0.6 is 0 Å². The first-order valence-corrected chi connectivity index (χ1v) is 8.53. The maximum absolute atomic E-state index is 12.3. The van der Waals surface area contributed by atoms with Gasteiger partial charge in [0.25, 0.3) is 0 Å². The topological polar surface area (TPSA) is 90.5 Å². The predicted molar refractivity (Wildman–Crippen MR) is 98.7 cm³/mol. The molecule has 3 rings (SSSR count). The average molecular weight is 353 g/mol. The van der Waals surface area contributed by atoms with Crippen molar-refractivity contribution in [2.45, 2.75) is 40.2 Å². The fraction of sp³-hybridized carbons (Fsp3) is 0.389. The molecule has 2 heterocycles. The van der Waals surface area contributed by atoms with Gasteiger partial charge in [0.05, 0.1) is 17.1 Å². The minimum atomic E-state index is -0.219. The summed E-state index contributed by atoms with van der Waals surface area (Å²) in [7, 11) is 1.84. The van der Waals surface area contributed by atoms with Crippen LogP contribution in [0.4, 0.5) is 5.69 Å². The van der Waals surface area contributed by atoms with Gasteiger partial charge in [-0.1, -0.05) is 38.1 Å². The molecule has 0 aliphatic rings. The van der Waals surface area contributed by atoms with Crippen molar-refractivity contribution in [3.05, 3.63) is 41.2 Å².